The summed E-state index contributed by atoms with van der Waals surface area (Å²) in [7, 11) is -3.66. The van der Waals surface area contributed by atoms with Crippen molar-refractivity contribution in [3.8, 4) is 5.75 Å². The molecular weight excluding hydrogens is 504 g/mol. The van der Waals surface area contributed by atoms with Crippen molar-refractivity contribution in [3.05, 3.63) is 59.1 Å². The second kappa shape index (κ2) is 10.6. The minimum Gasteiger partial charge on any atom is -0.493 e. The molecule has 6 nitrogen and oxygen atoms in total. The summed E-state index contributed by atoms with van der Waals surface area (Å²) in [4.78, 5) is 15.5. The normalized spacial score (nSPS) is 22.2. The van der Waals surface area contributed by atoms with Gasteiger partial charge in [0.15, 0.2) is 0 Å². The second-order valence-corrected chi connectivity index (χ2v) is 12.0. The topological polar surface area (TPSA) is 66.9 Å². The average Bonchev–Trinajstić information content (AvgIpc) is 2.84. The van der Waals surface area contributed by atoms with E-state index in [2.05, 4.69) is 15.9 Å². The Balaban J connectivity index is 1.57. The molecule has 0 N–H and O–H groups in total. The van der Waals surface area contributed by atoms with Crippen LogP contribution in [0.3, 0.4) is 0 Å². The fourth-order valence-corrected chi connectivity index (χ4v) is 6.62. The van der Waals surface area contributed by atoms with Gasteiger partial charge in [-0.2, -0.15) is 4.31 Å². The molecule has 0 aromatic heterocycles. The van der Waals surface area contributed by atoms with Crippen molar-refractivity contribution in [1.29, 1.82) is 0 Å². The highest BCUT2D eigenvalue weighted by molar-refractivity contribution is 9.10. The van der Waals surface area contributed by atoms with Gasteiger partial charge < -0.3 is 9.64 Å². The Morgan fingerprint density at radius 2 is 1.64 bits per heavy atom. The fourth-order valence-electron chi connectivity index (χ4n) is 4.77. The number of piperidine rings is 2. The molecule has 2 fully saturated rings. The summed E-state index contributed by atoms with van der Waals surface area (Å²) < 4.78 is 35.3. The van der Waals surface area contributed by atoms with E-state index in [0.717, 1.165) is 49.0 Å². The van der Waals surface area contributed by atoms with Gasteiger partial charge in [0.2, 0.25) is 15.9 Å². The number of benzene rings is 2. The first kappa shape index (κ1) is 24.2. The van der Waals surface area contributed by atoms with Crippen LogP contribution in [0.5, 0.6) is 5.75 Å². The van der Waals surface area contributed by atoms with Crippen molar-refractivity contribution >= 4 is 31.9 Å². The summed E-state index contributed by atoms with van der Waals surface area (Å²) in [6.45, 7) is 2.61. The summed E-state index contributed by atoms with van der Waals surface area (Å²) in [6, 6.07) is 16.2. The van der Waals surface area contributed by atoms with E-state index in [1.165, 1.54) is 4.31 Å². The fraction of sp³-hybridized carbons (Fsp3) is 0.480. The van der Waals surface area contributed by atoms with Crippen LogP contribution < -0.4 is 4.74 Å². The van der Waals surface area contributed by atoms with E-state index in [0.29, 0.717) is 26.0 Å². The lowest BCUT2D eigenvalue weighted by atomic mass is 9.78. The van der Waals surface area contributed by atoms with E-state index in [4.69, 9.17) is 4.74 Å². The molecule has 4 rings (SSSR count). The Hall–Kier alpha value is -1.90. The molecule has 2 heterocycles. The Kier molecular flexibility index (Phi) is 7.76. The van der Waals surface area contributed by atoms with Crippen molar-refractivity contribution < 1.29 is 17.9 Å². The number of amides is 1. The number of carbonyl (C=O) groups is 1. The average molecular weight is 536 g/mol. The van der Waals surface area contributed by atoms with Crippen LogP contribution in [0.25, 0.3) is 0 Å². The molecule has 0 spiro atoms. The molecular formula is C25H31BrN2O4S. The molecule has 2 aliphatic rings. The van der Waals surface area contributed by atoms with Gasteiger partial charge in [0.05, 0.1) is 11.5 Å². The SMILES string of the molecule is O=C(C[C@]1(COc2ccccc2)CCCN(S(=O)(=O)c2ccc(Br)cc2)C1)N1CCCCC1. The smallest absolute Gasteiger partial charge is 0.243 e. The Bertz CT molecular complexity index is 1040. The Morgan fingerprint density at radius 3 is 2.33 bits per heavy atom. The molecule has 0 radical (unpaired) electrons. The van der Waals surface area contributed by atoms with Gasteiger partial charge in [-0.15, -0.1) is 0 Å². The molecule has 0 saturated carbocycles. The van der Waals surface area contributed by atoms with Crippen molar-refractivity contribution in [2.24, 2.45) is 5.41 Å². The predicted octanol–water partition coefficient (Wildman–Crippen LogP) is 4.70. The third-order valence-electron chi connectivity index (χ3n) is 6.60. The highest BCUT2D eigenvalue weighted by Crippen LogP contribution is 2.37. The van der Waals surface area contributed by atoms with E-state index < -0.39 is 15.4 Å². The monoisotopic (exact) mass is 534 g/mol. The van der Waals surface area contributed by atoms with Crippen LogP contribution in [-0.2, 0) is 14.8 Å². The predicted molar refractivity (Wildman–Crippen MR) is 132 cm³/mol. The summed E-state index contributed by atoms with van der Waals surface area (Å²) >= 11 is 3.37. The van der Waals surface area contributed by atoms with Gasteiger partial charge in [-0.05, 0) is 68.5 Å². The molecule has 2 aromatic carbocycles. The number of nitrogens with zero attached hydrogens (tertiary/aromatic N) is 2. The zero-order valence-corrected chi connectivity index (χ0v) is 21.2. The highest BCUT2D eigenvalue weighted by Gasteiger charge is 2.43. The Morgan fingerprint density at radius 1 is 0.939 bits per heavy atom. The van der Waals surface area contributed by atoms with E-state index in [1.807, 2.05) is 35.2 Å². The van der Waals surface area contributed by atoms with Crippen LogP contribution in [0.4, 0.5) is 0 Å². The molecule has 1 atom stereocenters. The number of rotatable bonds is 7. The number of hydrogen-bond acceptors (Lipinski definition) is 4. The molecule has 2 aliphatic heterocycles. The summed E-state index contributed by atoms with van der Waals surface area (Å²) in [5.41, 5.74) is -0.564. The van der Waals surface area contributed by atoms with Gasteiger partial charge in [0.1, 0.15) is 5.75 Å². The van der Waals surface area contributed by atoms with Gasteiger partial charge in [-0.3, -0.25) is 4.79 Å². The second-order valence-electron chi connectivity index (χ2n) is 9.12. The van der Waals surface area contributed by atoms with Gasteiger partial charge >= 0.3 is 0 Å². The lowest BCUT2D eigenvalue weighted by Gasteiger charge is -2.42. The van der Waals surface area contributed by atoms with E-state index in [1.54, 1.807) is 24.3 Å². The van der Waals surface area contributed by atoms with Crippen molar-refractivity contribution in [2.75, 3.05) is 32.8 Å². The standard InChI is InChI=1S/C25H31BrN2O4S/c26-21-10-12-23(13-11-21)33(30,31)28-17-7-14-25(19-28,20-32-22-8-3-1-4-9-22)18-24(29)27-15-5-2-6-16-27/h1,3-4,8-13H,2,5-7,14-20H2/t25-/m1/s1. The van der Waals surface area contributed by atoms with E-state index in [9.17, 15) is 13.2 Å². The highest BCUT2D eigenvalue weighted by atomic mass is 79.9. The molecule has 33 heavy (non-hydrogen) atoms. The van der Waals surface area contributed by atoms with Gasteiger partial charge in [-0.1, -0.05) is 34.1 Å². The van der Waals surface area contributed by atoms with Gasteiger partial charge in [0, 0.05) is 42.5 Å². The zero-order chi connectivity index (χ0) is 23.3. The van der Waals surface area contributed by atoms with Crippen molar-refractivity contribution in [3.63, 3.8) is 0 Å². The van der Waals surface area contributed by atoms with E-state index >= 15 is 0 Å². The molecule has 2 aromatic rings. The number of likely N-dealkylation sites (tertiary alicyclic amines) is 1. The molecule has 0 aliphatic carbocycles. The number of ether oxygens (including phenoxy) is 1. The maximum atomic E-state index is 13.4. The molecule has 178 valence electrons. The molecule has 0 unspecified atom stereocenters. The van der Waals surface area contributed by atoms with Gasteiger partial charge in [-0.25, -0.2) is 8.42 Å². The lowest BCUT2D eigenvalue weighted by molar-refractivity contribution is -0.136. The first-order chi connectivity index (χ1) is 15.9. The van der Waals surface area contributed by atoms with E-state index in [-0.39, 0.29) is 17.3 Å². The number of hydrogen-bond donors (Lipinski definition) is 0. The maximum absolute atomic E-state index is 13.4. The van der Waals surface area contributed by atoms with Crippen LogP contribution in [0.2, 0.25) is 0 Å². The molecule has 0 bridgehead atoms. The van der Waals surface area contributed by atoms with Crippen molar-refractivity contribution in [1.82, 2.24) is 9.21 Å². The van der Waals surface area contributed by atoms with Crippen LogP contribution >= 0.6 is 15.9 Å². The number of para-hydroxylation sites is 1. The van der Waals surface area contributed by atoms with Crippen LogP contribution in [-0.4, -0.2) is 56.3 Å². The largest absolute Gasteiger partial charge is 0.493 e. The third-order valence-corrected chi connectivity index (χ3v) is 8.99. The zero-order valence-electron chi connectivity index (χ0n) is 18.8. The number of carbonyl (C=O) groups excluding carboxylic acids is 1. The summed E-state index contributed by atoms with van der Waals surface area (Å²) in [5.74, 6) is 0.837. The first-order valence-corrected chi connectivity index (χ1v) is 13.8. The minimum absolute atomic E-state index is 0.106. The Labute approximate surface area is 205 Å². The lowest BCUT2D eigenvalue weighted by Crippen LogP contribution is -2.51. The molecule has 8 heteroatoms. The van der Waals surface area contributed by atoms with Crippen LogP contribution in [0.15, 0.2) is 64.0 Å². The minimum atomic E-state index is -3.66. The maximum Gasteiger partial charge on any atom is 0.243 e. The van der Waals surface area contributed by atoms with Crippen LogP contribution in [0.1, 0.15) is 38.5 Å². The first-order valence-electron chi connectivity index (χ1n) is 11.6. The summed E-state index contributed by atoms with van der Waals surface area (Å²) in [6.07, 6.45) is 4.97. The number of sulfonamides is 1. The summed E-state index contributed by atoms with van der Waals surface area (Å²) in [5, 5.41) is 0. The molecule has 2 saturated heterocycles. The third kappa shape index (κ3) is 5.97. The molecule has 1 amide bonds. The van der Waals surface area contributed by atoms with Crippen molar-refractivity contribution in [2.45, 2.75) is 43.4 Å². The quantitative estimate of drug-likeness (QED) is 0.516. The van der Waals surface area contributed by atoms with Crippen LogP contribution in [0, 0.1) is 5.41 Å². The number of halogens is 1. The van der Waals surface area contributed by atoms with Gasteiger partial charge in [0.25, 0.3) is 0 Å².